The first-order valence-corrected chi connectivity index (χ1v) is 10.2. The van der Waals surface area contributed by atoms with E-state index in [-0.39, 0.29) is 5.75 Å². The van der Waals surface area contributed by atoms with Gasteiger partial charge in [-0.05, 0) is 43.3 Å². The summed E-state index contributed by atoms with van der Waals surface area (Å²) in [6.07, 6.45) is -4.78. The zero-order valence-corrected chi connectivity index (χ0v) is 17.2. The summed E-state index contributed by atoms with van der Waals surface area (Å²) in [6, 6.07) is 8.26. The highest BCUT2D eigenvalue weighted by molar-refractivity contribution is 8.02. The average Bonchev–Trinajstić information content (AvgIpc) is 3.12. The van der Waals surface area contributed by atoms with Gasteiger partial charge in [-0.25, -0.2) is 8.78 Å². The summed E-state index contributed by atoms with van der Waals surface area (Å²) in [4.78, 5) is 12.2. The summed E-state index contributed by atoms with van der Waals surface area (Å²) >= 11 is 2.12. The number of amides is 1. The lowest BCUT2D eigenvalue weighted by molar-refractivity contribution is -0.274. The molecule has 1 aromatic heterocycles. The molecule has 0 aliphatic carbocycles. The highest BCUT2D eigenvalue weighted by Crippen LogP contribution is 2.32. The van der Waals surface area contributed by atoms with Crippen LogP contribution in [0.5, 0.6) is 5.75 Å². The van der Waals surface area contributed by atoms with Gasteiger partial charge in [0.1, 0.15) is 23.1 Å². The van der Waals surface area contributed by atoms with E-state index < -0.39 is 34.8 Å². The fourth-order valence-corrected chi connectivity index (χ4v) is 4.13. The number of rotatable bonds is 7. The number of alkyl halides is 3. The molecule has 0 radical (unpaired) electrons. The number of hydrogen-bond donors (Lipinski definition) is 2. The van der Waals surface area contributed by atoms with Crippen molar-refractivity contribution in [3.8, 4) is 5.75 Å². The molecule has 1 atom stereocenters. The van der Waals surface area contributed by atoms with Crippen LogP contribution in [0, 0.1) is 11.6 Å². The Morgan fingerprint density at radius 1 is 1.10 bits per heavy atom. The molecule has 13 heteroatoms. The molecule has 6 nitrogen and oxygen atoms in total. The Bertz CT molecular complexity index is 1040. The van der Waals surface area contributed by atoms with Crippen LogP contribution in [-0.4, -0.2) is 27.7 Å². The van der Waals surface area contributed by atoms with Crippen molar-refractivity contribution in [1.82, 2.24) is 10.2 Å². The third kappa shape index (κ3) is 6.52. The monoisotopic (exact) mass is 476 g/mol. The van der Waals surface area contributed by atoms with Gasteiger partial charge in [-0.3, -0.25) is 4.79 Å². The number of hydrogen-bond acceptors (Lipinski definition) is 7. The molecule has 31 heavy (non-hydrogen) atoms. The topological polar surface area (TPSA) is 76.1 Å². The quantitative estimate of drug-likeness (QED) is 0.343. The molecular weight excluding hydrogens is 463 g/mol. The van der Waals surface area contributed by atoms with Gasteiger partial charge in [-0.15, -0.1) is 23.4 Å². The van der Waals surface area contributed by atoms with Gasteiger partial charge in [0.25, 0.3) is 0 Å². The van der Waals surface area contributed by atoms with Crippen LogP contribution in [-0.2, 0) is 4.79 Å². The van der Waals surface area contributed by atoms with E-state index in [1.807, 2.05) is 0 Å². The van der Waals surface area contributed by atoms with E-state index in [0.717, 1.165) is 47.4 Å². The number of benzene rings is 2. The standard InChI is InChI=1S/C18H13F5N4O2S2/c1-9(15(28)25-14-12(19)3-2-4-13(14)20)30-17-27-26-16(31-17)24-10-5-7-11(8-6-10)29-18(21,22)23/h2-9H,1H3,(H,24,26)(H,25,28). The second-order valence-corrected chi connectivity index (χ2v) is 8.48. The molecular formula is C18H13F5N4O2S2. The number of para-hydroxylation sites is 1. The van der Waals surface area contributed by atoms with Crippen molar-refractivity contribution in [2.75, 3.05) is 10.6 Å². The first kappa shape index (κ1) is 22.7. The number of carbonyl (C=O) groups is 1. The predicted octanol–water partition coefficient (Wildman–Crippen LogP) is 5.58. The predicted molar refractivity (Wildman–Crippen MR) is 107 cm³/mol. The minimum Gasteiger partial charge on any atom is -0.406 e. The molecule has 0 bridgehead atoms. The largest absolute Gasteiger partial charge is 0.573 e. The molecule has 1 amide bonds. The first-order valence-electron chi connectivity index (χ1n) is 8.48. The molecule has 0 aliphatic rings. The van der Waals surface area contributed by atoms with Gasteiger partial charge in [-0.1, -0.05) is 29.2 Å². The maximum Gasteiger partial charge on any atom is 0.573 e. The van der Waals surface area contributed by atoms with Crippen molar-refractivity contribution in [3.05, 3.63) is 54.1 Å². The van der Waals surface area contributed by atoms with Crippen LogP contribution < -0.4 is 15.4 Å². The third-order valence-corrected chi connectivity index (χ3v) is 5.63. The lowest BCUT2D eigenvalue weighted by Crippen LogP contribution is -2.23. The van der Waals surface area contributed by atoms with Crippen molar-refractivity contribution >= 4 is 45.5 Å². The molecule has 1 heterocycles. The Balaban J connectivity index is 1.57. The van der Waals surface area contributed by atoms with Crippen molar-refractivity contribution in [2.45, 2.75) is 22.9 Å². The SMILES string of the molecule is CC(Sc1nnc(Nc2ccc(OC(F)(F)F)cc2)s1)C(=O)Nc1c(F)cccc1F. The minimum atomic E-state index is -4.78. The molecule has 0 aliphatic heterocycles. The summed E-state index contributed by atoms with van der Waals surface area (Å²) in [5.41, 5.74) is -0.0828. The fraction of sp³-hybridized carbons (Fsp3) is 0.167. The van der Waals surface area contributed by atoms with Gasteiger partial charge < -0.3 is 15.4 Å². The molecule has 3 rings (SSSR count). The number of anilines is 3. The van der Waals surface area contributed by atoms with Crippen LogP contribution >= 0.6 is 23.1 Å². The van der Waals surface area contributed by atoms with Crippen LogP contribution in [0.15, 0.2) is 46.8 Å². The number of halogens is 5. The molecule has 2 aromatic carbocycles. The van der Waals surface area contributed by atoms with Crippen LogP contribution in [0.25, 0.3) is 0 Å². The maximum absolute atomic E-state index is 13.7. The molecule has 2 N–H and O–H groups in total. The molecule has 1 unspecified atom stereocenters. The van der Waals surface area contributed by atoms with Gasteiger partial charge in [0, 0.05) is 5.69 Å². The van der Waals surface area contributed by atoms with E-state index in [4.69, 9.17) is 0 Å². The zero-order chi connectivity index (χ0) is 22.6. The minimum absolute atomic E-state index is 0.333. The third-order valence-electron chi connectivity index (χ3n) is 3.60. The Morgan fingerprint density at radius 3 is 2.35 bits per heavy atom. The summed E-state index contributed by atoms with van der Waals surface area (Å²) in [5.74, 6) is -2.77. The van der Waals surface area contributed by atoms with Gasteiger partial charge >= 0.3 is 6.36 Å². The van der Waals surface area contributed by atoms with Crippen molar-refractivity contribution in [1.29, 1.82) is 0 Å². The molecule has 0 saturated heterocycles. The number of thioether (sulfide) groups is 1. The lowest BCUT2D eigenvalue weighted by atomic mass is 10.3. The van der Waals surface area contributed by atoms with E-state index in [2.05, 4.69) is 25.6 Å². The Labute approximate surface area is 180 Å². The van der Waals surface area contributed by atoms with E-state index in [1.54, 1.807) is 0 Å². The number of nitrogens with one attached hydrogen (secondary N) is 2. The van der Waals surface area contributed by atoms with Crippen LogP contribution in [0.3, 0.4) is 0 Å². The van der Waals surface area contributed by atoms with Crippen LogP contribution in [0.4, 0.5) is 38.5 Å². The normalized spacial score (nSPS) is 12.3. The number of ether oxygens (including phenoxy) is 1. The highest BCUT2D eigenvalue weighted by atomic mass is 32.2. The molecule has 0 fully saturated rings. The van der Waals surface area contributed by atoms with Gasteiger partial charge in [-0.2, -0.15) is 0 Å². The van der Waals surface area contributed by atoms with Gasteiger partial charge in [0.15, 0.2) is 4.34 Å². The highest BCUT2D eigenvalue weighted by Gasteiger charge is 2.31. The van der Waals surface area contributed by atoms with Crippen molar-refractivity contribution in [3.63, 3.8) is 0 Å². The van der Waals surface area contributed by atoms with E-state index in [9.17, 15) is 26.7 Å². The number of aromatic nitrogens is 2. The summed E-state index contributed by atoms with van der Waals surface area (Å²) in [5, 5.41) is 12.5. The average molecular weight is 476 g/mol. The fourth-order valence-electron chi connectivity index (χ4n) is 2.22. The Morgan fingerprint density at radius 2 is 1.74 bits per heavy atom. The summed E-state index contributed by atoms with van der Waals surface area (Å²) < 4.78 is 68.1. The lowest BCUT2D eigenvalue weighted by Gasteiger charge is -2.11. The summed E-state index contributed by atoms with van der Waals surface area (Å²) in [6.45, 7) is 1.53. The number of carbonyl (C=O) groups excluding carboxylic acids is 1. The molecule has 3 aromatic rings. The first-order chi connectivity index (χ1) is 14.6. The second kappa shape index (κ2) is 9.47. The molecule has 0 spiro atoms. The van der Waals surface area contributed by atoms with Crippen molar-refractivity contribution in [2.24, 2.45) is 0 Å². The van der Waals surface area contributed by atoms with Crippen molar-refractivity contribution < 1.29 is 31.5 Å². The Hall–Kier alpha value is -2.93. The molecule has 164 valence electrons. The van der Waals surface area contributed by atoms with E-state index in [1.165, 1.54) is 25.1 Å². The number of nitrogens with zero attached hydrogens (tertiary/aromatic N) is 2. The van der Waals surface area contributed by atoms with Crippen LogP contribution in [0.1, 0.15) is 6.92 Å². The maximum atomic E-state index is 13.7. The smallest absolute Gasteiger partial charge is 0.406 e. The zero-order valence-electron chi connectivity index (χ0n) is 15.5. The second-order valence-electron chi connectivity index (χ2n) is 5.92. The van der Waals surface area contributed by atoms with Gasteiger partial charge in [0.2, 0.25) is 11.0 Å². The summed E-state index contributed by atoms with van der Waals surface area (Å²) in [7, 11) is 0. The van der Waals surface area contributed by atoms with E-state index in [0.29, 0.717) is 15.2 Å². The van der Waals surface area contributed by atoms with E-state index >= 15 is 0 Å². The molecule has 0 saturated carbocycles. The van der Waals surface area contributed by atoms with Gasteiger partial charge in [0.05, 0.1) is 5.25 Å². The van der Waals surface area contributed by atoms with Crippen LogP contribution in [0.2, 0.25) is 0 Å². The Kier molecular flexibility index (Phi) is 6.95.